The van der Waals surface area contributed by atoms with Crippen molar-refractivity contribution in [1.29, 1.82) is 0 Å². The van der Waals surface area contributed by atoms with E-state index in [4.69, 9.17) is 5.11 Å². The van der Waals surface area contributed by atoms with E-state index in [9.17, 15) is 14.7 Å². The molecule has 0 radical (unpaired) electrons. The smallest absolute Gasteiger partial charge is 0.303 e. The first-order chi connectivity index (χ1) is 12.5. The number of nitrogens with zero attached hydrogens (tertiary/aromatic N) is 1. The van der Waals surface area contributed by atoms with E-state index in [1.807, 2.05) is 24.8 Å². The predicted octanol–water partition coefficient (Wildman–Crippen LogP) is 3.37. The molecule has 0 aromatic rings. The van der Waals surface area contributed by atoms with E-state index in [2.05, 4.69) is 11.8 Å². The van der Waals surface area contributed by atoms with Crippen molar-refractivity contribution in [3.63, 3.8) is 0 Å². The third-order valence-electron chi connectivity index (χ3n) is 4.75. The lowest BCUT2D eigenvalue weighted by Crippen LogP contribution is -2.33. The van der Waals surface area contributed by atoms with Gasteiger partial charge in [0.15, 0.2) is 0 Å². The van der Waals surface area contributed by atoms with Crippen LogP contribution in [0.15, 0.2) is 12.2 Å². The van der Waals surface area contributed by atoms with Gasteiger partial charge >= 0.3 is 5.97 Å². The second kappa shape index (κ2) is 12.5. The van der Waals surface area contributed by atoms with Gasteiger partial charge < -0.3 is 15.1 Å². The Morgan fingerprint density at radius 1 is 1.31 bits per heavy atom. The summed E-state index contributed by atoms with van der Waals surface area (Å²) in [5, 5.41) is 18.9. The summed E-state index contributed by atoms with van der Waals surface area (Å²) in [4.78, 5) is 24.5. The molecule has 1 aliphatic rings. The van der Waals surface area contributed by atoms with E-state index in [1.54, 1.807) is 6.08 Å². The van der Waals surface area contributed by atoms with E-state index in [0.717, 1.165) is 32.1 Å². The van der Waals surface area contributed by atoms with Gasteiger partial charge in [-0.2, -0.15) is 0 Å². The Kier molecular flexibility index (Phi) is 10.7. The summed E-state index contributed by atoms with van der Waals surface area (Å²) in [6.45, 7) is 4.69. The van der Waals surface area contributed by atoms with E-state index in [1.165, 1.54) is 0 Å². The summed E-state index contributed by atoms with van der Waals surface area (Å²) in [5.74, 6) is 5.57. The number of aliphatic carboxylic acids is 1. The molecule has 3 atom stereocenters. The van der Waals surface area contributed by atoms with Crippen LogP contribution in [-0.4, -0.2) is 45.7 Å². The van der Waals surface area contributed by atoms with Crippen LogP contribution in [0.25, 0.3) is 0 Å². The van der Waals surface area contributed by atoms with Gasteiger partial charge in [0.25, 0.3) is 0 Å². The first-order valence-corrected chi connectivity index (χ1v) is 9.79. The van der Waals surface area contributed by atoms with Gasteiger partial charge in [-0.25, -0.2) is 0 Å². The Hall–Kier alpha value is -1.80. The van der Waals surface area contributed by atoms with Crippen LogP contribution in [0, 0.1) is 17.8 Å². The molecule has 0 unspecified atom stereocenters. The molecule has 5 nitrogen and oxygen atoms in total. The lowest BCUT2D eigenvalue weighted by molar-refractivity contribution is -0.137. The molecule has 5 heteroatoms. The molecule has 0 spiro atoms. The first kappa shape index (κ1) is 22.2. The summed E-state index contributed by atoms with van der Waals surface area (Å²) in [6, 6.07) is 0.0603. The first-order valence-electron chi connectivity index (χ1n) is 9.79. The second-order valence-electron chi connectivity index (χ2n) is 7.02. The highest BCUT2D eigenvalue weighted by Gasteiger charge is 2.28. The third kappa shape index (κ3) is 8.53. The van der Waals surface area contributed by atoms with Crippen LogP contribution < -0.4 is 0 Å². The van der Waals surface area contributed by atoms with Gasteiger partial charge in [-0.15, -0.1) is 11.8 Å². The lowest BCUT2D eigenvalue weighted by Gasteiger charge is -2.23. The number of aliphatic hydroxyl groups is 1. The third-order valence-corrected chi connectivity index (χ3v) is 4.75. The number of likely N-dealkylation sites (tertiary alicyclic amines) is 1. The Labute approximate surface area is 157 Å². The Bertz CT molecular complexity index is 532. The molecule has 0 bridgehead atoms. The van der Waals surface area contributed by atoms with Crippen LogP contribution in [0.5, 0.6) is 0 Å². The van der Waals surface area contributed by atoms with Crippen molar-refractivity contribution in [3.05, 3.63) is 12.2 Å². The van der Waals surface area contributed by atoms with Crippen LogP contribution >= 0.6 is 0 Å². The van der Waals surface area contributed by atoms with Gasteiger partial charge in [-0.3, -0.25) is 9.59 Å². The Morgan fingerprint density at radius 3 is 2.73 bits per heavy atom. The highest BCUT2D eigenvalue weighted by Crippen LogP contribution is 2.21. The standard InChI is InChI=1S/C21H33NO4/c1-3-4-7-10-17(2)19(23)14-12-18-13-15-20(24)22(18)16-9-6-5-8-11-21(25)26/h12,14,17-19,23H,3,5-6,8-11,13,15-16H2,1-2H3,(H,25,26)/b14-12+/t17-,18+,19+/m1/s1. The molecule has 0 saturated carbocycles. The maximum atomic E-state index is 12.1. The average molecular weight is 363 g/mol. The van der Waals surface area contributed by atoms with Gasteiger partial charge in [-0.05, 0) is 25.2 Å². The molecule has 0 aliphatic carbocycles. The summed E-state index contributed by atoms with van der Waals surface area (Å²) < 4.78 is 0. The van der Waals surface area contributed by atoms with Crippen molar-refractivity contribution >= 4 is 11.9 Å². The summed E-state index contributed by atoms with van der Waals surface area (Å²) in [6.07, 6.45) is 9.68. The van der Waals surface area contributed by atoms with Crippen LogP contribution in [-0.2, 0) is 9.59 Å². The Morgan fingerprint density at radius 2 is 2.04 bits per heavy atom. The van der Waals surface area contributed by atoms with Gasteiger partial charge in [0.1, 0.15) is 0 Å². The molecule has 1 aliphatic heterocycles. The number of rotatable bonds is 11. The number of aliphatic hydroxyl groups excluding tert-OH is 1. The number of hydrogen-bond acceptors (Lipinski definition) is 3. The van der Waals surface area contributed by atoms with Crippen molar-refractivity contribution in [1.82, 2.24) is 4.90 Å². The van der Waals surface area contributed by atoms with Crippen LogP contribution in [0.2, 0.25) is 0 Å². The highest BCUT2D eigenvalue weighted by atomic mass is 16.4. The highest BCUT2D eigenvalue weighted by molar-refractivity contribution is 5.79. The minimum atomic E-state index is -0.751. The minimum Gasteiger partial charge on any atom is -0.481 e. The molecular weight excluding hydrogens is 330 g/mol. The topological polar surface area (TPSA) is 77.8 Å². The predicted molar refractivity (Wildman–Crippen MR) is 102 cm³/mol. The van der Waals surface area contributed by atoms with Crippen LogP contribution in [0.4, 0.5) is 0 Å². The zero-order chi connectivity index (χ0) is 19.4. The van der Waals surface area contributed by atoms with Crippen LogP contribution in [0.1, 0.15) is 71.6 Å². The van der Waals surface area contributed by atoms with Crippen molar-refractivity contribution in [2.24, 2.45) is 5.92 Å². The average Bonchev–Trinajstić information content (AvgIpc) is 2.95. The molecular formula is C21H33NO4. The fraction of sp³-hybridized carbons (Fsp3) is 0.714. The summed E-state index contributed by atoms with van der Waals surface area (Å²) in [7, 11) is 0. The van der Waals surface area contributed by atoms with Crippen molar-refractivity contribution in [2.45, 2.75) is 83.8 Å². The maximum absolute atomic E-state index is 12.1. The fourth-order valence-electron chi connectivity index (χ4n) is 3.07. The molecule has 1 amide bonds. The number of unbranched alkanes of at least 4 members (excludes halogenated alkanes) is 3. The lowest BCUT2D eigenvalue weighted by atomic mass is 10.00. The number of amides is 1. The monoisotopic (exact) mass is 363 g/mol. The SMILES string of the molecule is CCC#CC[C@@H](C)[C@@H](O)/C=C/[C@H]1CCC(=O)N1CCCCCCC(=O)O. The zero-order valence-corrected chi connectivity index (χ0v) is 16.1. The van der Waals surface area contributed by atoms with E-state index in [-0.39, 0.29) is 24.3 Å². The van der Waals surface area contributed by atoms with Gasteiger partial charge in [0, 0.05) is 32.2 Å². The summed E-state index contributed by atoms with van der Waals surface area (Å²) in [5.41, 5.74) is 0. The van der Waals surface area contributed by atoms with Crippen molar-refractivity contribution in [2.75, 3.05) is 6.54 Å². The molecule has 1 fully saturated rings. The van der Waals surface area contributed by atoms with Crippen molar-refractivity contribution < 1.29 is 19.8 Å². The van der Waals surface area contributed by atoms with E-state index < -0.39 is 12.1 Å². The molecule has 0 aromatic carbocycles. The fourth-order valence-corrected chi connectivity index (χ4v) is 3.07. The zero-order valence-electron chi connectivity index (χ0n) is 16.1. The molecule has 146 valence electrons. The van der Waals surface area contributed by atoms with E-state index in [0.29, 0.717) is 25.8 Å². The molecule has 2 N–H and O–H groups in total. The largest absolute Gasteiger partial charge is 0.481 e. The second-order valence-corrected chi connectivity index (χ2v) is 7.02. The number of carbonyl (C=O) groups is 2. The molecule has 26 heavy (non-hydrogen) atoms. The Balaban J connectivity index is 2.39. The number of carbonyl (C=O) groups excluding carboxylic acids is 1. The molecule has 0 aromatic heterocycles. The molecule has 1 rings (SSSR count). The number of carboxylic acid groups (broad SMARTS) is 1. The van der Waals surface area contributed by atoms with Crippen LogP contribution in [0.3, 0.4) is 0 Å². The van der Waals surface area contributed by atoms with Gasteiger partial charge in [0.2, 0.25) is 5.91 Å². The normalized spacial score (nSPS) is 19.4. The maximum Gasteiger partial charge on any atom is 0.303 e. The number of carboxylic acids is 1. The van der Waals surface area contributed by atoms with E-state index >= 15 is 0 Å². The minimum absolute atomic E-state index is 0.0603. The molecule has 1 saturated heterocycles. The van der Waals surface area contributed by atoms with Crippen molar-refractivity contribution in [3.8, 4) is 11.8 Å². The summed E-state index contributed by atoms with van der Waals surface area (Å²) >= 11 is 0. The van der Waals surface area contributed by atoms with Gasteiger partial charge in [0.05, 0.1) is 12.1 Å². The molecule has 1 heterocycles. The quantitative estimate of drug-likeness (QED) is 0.335. The van der Waals surface area contributed by atoms with Gasteiger partial charge in [-0.1, -0.05) is 38.8 Å². The number of hydrogen-bond donors (Lipinski definition) is 2.